The first-order valence-electron chi connectivity index (χ1n) is 7.62. The first-order valence-corrected chi connectivity index (χ1v) is 7.62. The Bertz CT molecular complexity index is 482. The Kier molecular flexibility index (Phi) is 4.81. The molecule has 2 rings (SSSR count). The molecule has 2 atom stereocenters. The Hall–Kier alpha value is -1.35. The van der Waals surface area contributed by atoms with Crippen LogP contribution in [0.3, 0.4) is 0 Å². The van der Waals surface area contributed by atoms with Crippen molar-refractivity contribution in [3.05, 3.63) is 34.9 Å². The molecule has 2 N–H and O–H groups in total. The van der Waals surface area contributed by atoms with Crippen LogP contribution in [0.5, 0.6) is 0 Å². The monoisotopic (exact) mass is 274 g/mol. The van der Waals surface area contributed by atoms with Gasteiger partial charge in [-0.25, -0.2) is 0 Å². The lowest BCUT2D eigenvalue weighted by atomic mass is 9.96. The minimum absolute atomic E-state index is 0.0979. The third kappa shape index (κ3) is 3.21. The van der Waals surface area contributed by atoms with Crippen molar-refractivity contribution in [3.8, 4) is 0 Å². The first-order chi connectivity index (χ1) is 9.50. The smallest absolute Gasteiger partial charge is 0.223 e. The number of hydrogen-bond acceptors (Lipinski definition) is 2. The van der Waals surface area contributed by atoms with E-state index in [0.29, 0.717) is 6.42 Å². The van der Waals surface area contributed by atoms with Gasteiger partial charge in [0.15, 0.2) is 0 Å². The van der Waals surface area contributed by atoms with E-state index in [-0.39, 0.29) is 18.0 Å². The number of nitrogens with two attached hydrogens (primary N) is 1. The van der Waals surface area contributed by atoms with Crippen molar-refractivity contribution in [3.63, 3.8) is 0 Å². The van der Waals surface area contributed by atoms with Crippen molar-refractivity contribution >= 4 is 5.91 Å². The molecule has 1 aliphatic heterocycles. The number of amides is 1. The summed E-state index contributed by atoms with van der Waals surface area (Å²) < 4.78 is 0. The molecule has 1 fully saturated rings. The van der Waals surface area contributed by atoms with Crippen molar-refractivity contribution in [2.45, 2.75) is 58.5 Å². The zero-order valence-corrected chi connectivity index (χ0v) is 12.9. The lowest BCUT2D eigenvalue weighted by Gasteiger charge is -2.27. The molecule has 3 heteroatoms. The summed E-state index contributed by atoms with van der Waals surface area (Å²) in [5.41, 5.74) is 9.70. The summed E-state index contributed by atoms with van der Waals surface area (Å²) >= 11 is 0. The van der Waals surface area contributed by atoms with Gasteiger partial charge in [-0.1, -0.05) is 18.2 Å². The molecule has 0 aliphatic carbocycles. The zero-order valence-electron chi connectivity index (χ0n) is 12.9. The summed E-state index contributed by atoms with van der Waals surface area (Å²) in [5.74, 6) is 0.255. The third-order valence-electron chi connectivity index (χ3n) is 4.39. The average Bonchev–Trinajstić information content (AvgIpc) is 2.88. The number of aryl methyl sites for hydroxylation is 1. The van der Waals surface area contributed by atoms with Gasteiger partial charge < -0.3 is 10.6 Å². The number of likely N-dealkylation sites (tertiary alicyclic amines) is 1. The number of rotatable bonds is 4. The molecule has 1 aromatic rings. The van der Waals surface area contributed by atoms with Gasteiger partial charge in [0.2, 0.25) is 5.91 Å². The van der Waals surface area contributed by atoms with Crippen LogP contribution in [0.1, 0.15) is 55.3 Å². The Morgan fingerprint density at radius 2 is 2.20 bits per heavy atom. The summed E-state index contributed by atoms with van der Waals surface area (Å²) in [7, 11) is 0. The Balaban J connectivity index is 2.14. The van der Waals surface area contributed by atoms with Crippen LogP contribution >= 0.6 is 0 Å². The SMILES string of the molecule is Cc1cccc(C2CCCN2C(=O)CCC(C)N)c1C. The highest BCUT2D eigenvalue weighted by atomic mass is 16.2. The molecule has 2 unspecified atom stereocenters. The van der Waals surface area contributed by atoms with Crippen molar-refractivity contribution in [1.29, 1.82) is 0 Å². The van der Waals surface area contributed by atoms with Crippen molar-refractivity contribution in [2.75, 3.05) is 6.54 Å². The van der Waals surface area contributed by atoms with Crippen molar-refractivity contribution in [2.24, 2.45) is 5.73 Å². The van der Waals surface area contributed by atoms with Gasteiger partial charge in [-0.15, -0.1) is 0 Å². The van der Waals surface area contributed by atoms with E-state index in [9.17, 15) is 4.79 Å². The van der Waals surface area contributed by atoms with E-state index in [2.05, 4.69) is 36.9 Å². The van der Waals surface area contributed by atoms with E-state index in [1.807, 2.05) is 6.92 Å². The second kappa shape index (κ2) is 6.40. The number of carbonyl (C=O) groups excluding carboxylic acids is 1. The van der Waals surface area contributed by atoms with Gasteiger partial charge in [0.1, 0.15) is 0 Å². The van der Waals surface area contributed by atoms with E-state index < -0.39 is 0 Å². The maximum Gasteiger partial charge on any atom is 0.223 e. The molecule has 0 spiro atoms. The van der Waals surface area contributed by atoms with E-state index >= 15 is 0 Å². The molecule has 0 saturated carbocycles. The molecule has 0 aromatic heterocycles. The highest BCUT2D eigenvalue weighted by Gasteiger charge is 2.30. The third-order valence-corrected chi connectivity index (χ3v) is 4.39. The predicted octanol–water partition coefficient (Wildman–Crippen LogP) is 3.09. The first kappa shape index (κ1) is 15.0. The fourth-order valence-electron chi connectivity index (χ4n) is 3.02. The summed E-state index contributed by atoms with van der Waals surface area (Å²) in [6.45, 7) is 7.14. The van der Waals surface area contributed by atoms with Gasteiger partial charge in [-0.2, -0.15) is 0 Å². The molecule has 1 heterocycles. The lowest BCUT2D eigenvalue weighted by Crippen LogP contribution is -2.32. The molecule has 1 aliphatic rings. The number of nitrogens with zero attached hydrogens (tertiary/aromatic N) is 1. The van der Waals surface area contributed by atoms with Crippen LogP contribution in [0.15, 0.2) is 18.2 Å². The Morgan fingerprint density at radius 1 is 1.45 bits per heavy atom. The van der Waals surface area contributed by atoms with Crippen LogP contribution in [0.2, 0.25) is 0 Å². The van der Waals surface area contributed by atoms with Crippen molar-refractivity contribution in [1.82, 2.24) is 4.90 Å². The molecule has 110 valence electrons. The minimum atomic E-state index is 0.0979. The minimum Gasteiger partial charge on any atom is -0.336 e. The fraction of sp³-hybridized carbons (Fsp3) is 0.588. The van der Waals surface area contributed by atoms with Crippen LogP contribution in [0.4, 0.5) is 0 Å². The molecule has 0 radical (unpaired) electrons. The van der Waals surface area contributed by atoms with Crippen LogP contribution in [-0.2, 0) is 4.79 Å². The molecular formula is C17H26N2O. The van der Waals surface area contributed by atoms with Crippen LogP contribution in [0.25, 0.3) is 0 Å². The van der Waals surface area contributed by atoms with Crippen LogP contribution in [0, 0.1) is 13.8 Å². The van der Waals surface area contributed by atoms with E-state index in [0.717, 1.165) is 25.8 Å². The maximum atomic E-state index is 12.4. The molecule has 0 bridgehead atoms. The van der Waals surface area contributed by atoms with Gasteiger partial charge in [-0.3, -0.25) is 4.79 Å². The summed E-state index contributed by atoms with van der Waals surface area (Å²) in [4.78, 5) is 14.5. The van der Waals surface area contributed by atoms with Gasteiger partial charge in [0, 0.05) is 19.0 Å². The standard InChI is InChI=1S/C17H26N2O/c1-12-6-4-7-15(14(12)3)16-8-5-11-19(16)17(20)10-9-13(2)18/h4,6-7,13,16H,5,8-11,18H2,1-3H3. The van der Waals surface area contributed by atoms with Gasteiger partial charge >= 0.3 is 0 Å². The summed E-state index contributed by atoms with van der Waals surface area (Å²) in [6.07, 6.45) is 3.52. The van der Waals surface area contributed by atoms with E-state index in [1.54, 1.807) is 0 Å². The van der Waals surface area contributed by atoms with E-state index in [1.165, 1.54) is 16.7 Å². The topological polar surface area (TPSA) is 46.3 Å². The highest BCUT2D eigenvalue weighted by Crippen LogP contribution is 2.35. The quantitative estimate of drug-likeness (QED) is 0.917. The Morgan fingerprint density at radius 3 is 2.90 bits per heavy atom. The lowest BCUT2D eigenvalue weighted by molar-refractivity contribution is -0.132. The maximum absolute atomic E-state index is 12.4. The van der Waals surface area contributed by atoms with Gasteiger partial charge in [0.25, 0.3) is 0 Å². The summed E-state index contributed by atoms with van der Waals surface area (Å²) in [6, 6.07) is 6.76. The molecule has 3 nitrogen and oxygen atoms in total. The molecule has 1 aromatic carbocycles. The summed E-state index contributed by atoms with van der Waals surface area (Å²) in [5, 5.41) is 0. The van der Waals surface area contributed by atoms with E-state index in [4.69, 9.17) is 5.73 Å². The molecule has 1 amide bonds. The second-order valence-corrected chi connectivity index (χ2v) is 6.05. The molecular weight excluding hydrogens is 248 g/mol. The molecule has 1 saturated heterocycles. The molecule has 20 heavy (non-hydrogen) atoms. The number of benzene rings is 1. The average molecular weight is 274 g/mol. The Labute approximate surface area is 122 Å². The largest absolute Gasteiger partial charge is 0.336 e. The fourth-order valence-corrected chi connectivity index (χ4v) is 3.02. The van der Waals surface area contributed by atoms with Crippen molar-refractivity contribution < 1.29 is 4.79 Å². The van der Waals surface area contributed by atoms with Gasteiger partial charge in [0.05, 0.1) is 6.04 Å². The second-order valence-electron chi connectivity index (χ2n) is 6.05. The van der Waals surface area contributed by atoms with Crippen LogP contribution in [-0.4, -0.2) is 23.4 Å². The highest BCUT2D eigenvalue weighted by molar-refractivity contribution is 5.77. The van der Waals surface area contributed by atoms with Gasteiger partial charge in [-0.05, 0) is 56.7 Å². The predicted molar refractivity (Wildman–Crippen MR) is 82.5 cm³/mol. The zero-order chi connectivity index (χ0) is 14.7. The normalized spacial score (nSPS) is 20.2. The number of carbonyl (C=O) groups is 1. The van der Waals surface area contributed by atoms with Crippen LogP contribution < -0.4 is 5.73 Å². The number of hydrogen-bond donors (Lipinski definition) is 1.